The molecular weight excluding hydrogens is 284 g/mol. The van der Waals surface area contributed by atoms with Gasteiger partial charge in [-0.25, -0.2) is 0 Å². The van der Waals surface area contributed by atoms with Gasteiger partial charge in [0.2, 0.25) is 0 Å². The summed E-state index contributed by atoms with van der Waals surface area (Å²) in [5.74, 6) is -0.429. The van der Waals surface area contributed by atoms with Crippen LogP contribution in [-0.2, 0) is 4.74 Å². The second-order valence-electron chi connectivity index (χ2n) is 4.47. The molecule has 1 aromatic carbocycles. The Bertz CT molecular complexity index is 507. The van der Waals surface area contributed by atoms with Gasteiger partial charge in [0.25, 0.3) is 11.6 Å². The zero-order chi connectivity index (χ0) is 15.3. The van der Waals surface area contributed by atoms with Crippen LogP contribution in [0.2, 0.25) is 0 Å². The molecule has 0 bridgehead atoms. The quantitative estimate of drug-likeness (QED) is 0.459. The Kier molecular flexibility index (Phi) is 5.91. The maximum atomic E-state index is 12.3. The van der Waals surface area contributed by atoms with Crippen LogP contribution in [0.15, 0.2) is 18.2 Å². The van der Waals surface area contributed by atoms with Crippen molar-refractivity contribution in [1.82, 2.24) is 4.90 Å². The van der Waals surface area contributed by atoms with Crippen LogP contribution in [0, 0.1) is 17.0 Å². The minimum Gasteiger partial charge on any atom is -0.383 e. The third kappa shape index (κ3) is 3.91. The van der Waals surface area contributed by atoms with Gasteiger partial charge >= 0.3 is 0 Å². The lowest BCUT2D eigenvalue weighted by molar-refractivity contribution is -0.385. The zero-order valence-corrected chi connectivity index (χ0v) is 12.4. The highest BCUT2D eigenvalue weighted by molar-refractivity contribution is 6.21. The molecule has 1 atom stereocenters. The first-order valence-corrected chi connectivity index (χ1v) is 6.44. The highest BCUT2D eigenvalue weighted by Crippen LogP contribution is 2.24. The van der Waals surface area contributed by atoms with Crippen molar-refractivity contribution in [2.75, 3.05) is 27.3 Å². The molecule has 0 saturated heterocycles. The van der Waals surface area contributed by atoms with Gasteiger partial charge in [0.05, 0.1) is 16.9 Å². The summed E-state index contributed by atoms with van der Waals surface area (Å²) >= 11 is 5.99. The van der Waals surface area contributed by atoms with Gasteiger partial charge < -0.3 is 9.64 Å². The third-order valence-corrected chi connectivity index (χ3v) is 3.08. The molecule has 6 nitrogen and oxygen atoms in total. The summed E-state index contributed by atoms with van der Waals surface area (Å²) in [4.78, 5) is 24.2. The molecule has 20 heavy (non-hydrogen) atoms. The molecule has 1 aromatic rings. The van der Waals surface area contributed by atoms with Gasteiger partial charge in [0.1, 0.15) is 5.56 Å². The molecule has 0 heterocycles. The lowest BCUT2D eigenvalue weighted by Gasteiger charge is -2.20. The van der Waals surface area contributed by atoms with Crippen molar-refractivity contribution in [2.24, 2.45) is 0 Å². The zero-order valence-electron chi connectivity index (χ0n) is 11.6. The number of benzene rings is 1. The fourth-order valence-corrected chi connectivity index (χ4v) is 2.23. The van der Waals surface area contributed by atoms with Gasteiger partial charge in [0.15, 0.2) is 0 Å². The van der Waals surface area contributed by atoms with Gasteiger partial charge in [0, 0.05) is 26.3 Å². The number of methoxy groups -OCH3 is 1. The predicted octanol–water partition coefficient (Wildman–Crippen LogP) is 2.23. The molecule has 0 aliphatic heterocycles. The lowest BCUT2D eigenvalue weighted by atomic mass is 10.1. The smallest absolute Gasteiger partial charge is 0.285 e. The molecule has 0 fully saturated rings. The molecule has 1 amide bonds. The van der Waals surface area contributed by atoms with Crippen LogP contribution in [0.5, 0.6) is 0 Å². The first-order valence-electron chi connectivity index (χ1n) is 6.01. The first kappa shape index (κ1) is 16.4. The van der Waals surface area contributed by atoms with Crippen LogP contribution in [0.3, 0.4) is 0 Å². The summed E-state index contributed by atoms with van der Waals surface area (Å²) in [5.41, 5.74) is 0.356. The maximum absolute atomic E-state index is 12.3. The monoisotopic (exact) mass is 300 g/mol. The fraction of sp³-hybridized carbons (Fsp3) is 0.462. The van der Waals surface area contributed by atoms with Gasteiger partial charge in [-0.05, 0) is 13.0 Å². The maximum Gasteiger partial charge on any atom is 0.285 e. The van der Waals surface area contributed by atoms with Crippen LogP contribution in [0.4, 0.5) is 5.69 Å². The Labute approximate surface area is 122 Å². The molecule has 110 valence electrons. The van der Waals surface area contributed by atoms with E-state index in [2.05, 4.69) is 0 Å². The average Bonchev–Trinajstić information content (AvgIpc) is 2.37. The minimum atomic E-state index is -0.538. The van der Waals surface area contributed by atoms with Crippen LogP contribution in [0.25, 0.3) is 0 Å². The van der Waals surface area contributed by atoms with E-state index in [1.165, 1.54) is 18.1 Å². The van der Waals surface area contributed by atoms with Crippen molar-refractivity contribution < 1.29 is 14.5 Å². The van der Waals surface area contributed by atoms with Crippen molar-refractivity contribution in [3.8, 4) is 0 Å². The van der Waals surface area contributed by atoms with E-state index >= 15 is 0 Å². The van der Waals surface area contributed by atoms with Gasteiger partial charge in [-0.3, -0.25) is 14.9 Å². The van der Waals surface area contributed by atoms with Crippen molar-refractivity contribution in [3.05, 3.63) is 39.4 Å². The second-order valence-corrected chi connectivity index (χ2v) is 5.08. The molecule has 0 spiro atoms. The normalized spacial score (nSPS) is 12.0. The molecule has 0 aliphatic carbocycles. The largest absolute Gasteiger partial charge is 0.383 e. The van der Waals surface area contributed by atoms with Crippen LogP contribution >= 0.6 is 11.6 Å². The van der Waals surface area contributed by atoms with Crippen molar-refractivity contribution >= 4 is 23.2 Å². The lowest BCUT2D eigenvalue weighted by Crippen LogP contribution is -2.34. The van der Waals surface area contributed by atoms with Gasteiger partial charge in [-0.1, -0.05) is 12.1 Å². The Morgan fingerprint density at radius 2 is 2.20 bits per heavy atom. The van der Waals surface area contributed by atoms with E-state index in [0.717, 1.165) is 0 Å². The number of alkyl halides is 1. The van der Waals surface area contributed by atoms with E-state index in [-0.39, 0.29) is 23.2 Å². The van der Waals surface area contributed by atoms with Crippen LogP contribution in [-0.4, -0.2) is 48.4 Å². The predicted molar refractivity (Wildman–Crippen MR) is 76.3 cm³/mol. The highest BCUT2D eigenvalue weighted by Gasteiger charge is 2.25. The number of nitro groups is 1. The van der Waals surface area contributed by atoms with E-state index in [4.69, 9.17) is 16.3 Å². The molecule has 1 unspecified atom stereocenters. The fourth-order valence-electron chi connectivity index (χ4n) is 1.89. The van der Waals surface area contributed by atoms with Crippen molar-refractivity contribution in [1.29, 1.82) is 0 Å². The third-order valence-electron chi connectivity index (χ3n) is 2.82. The number of hydrogen-bond acceptors (Lipinski definition) is 4. The summed E-state index contributed by atoms with van der Waals surface area (Å²) in [5, 5.41) is 10.7. The van der Waals surface area contributed by atoms with E-state index in [0.29, 0.717) is 12.2 Å². The van der Waals surface area contributed by atoms with E-state index in [1.54, 1.807) is 26.1 Å². The number of ether oxygens (including phenoxy) is 1. The number of halogens is 1. The molecular formula is C13H17ClN2O4. The standard InChI is InChI=1S/C13H17ClN2O4/c1-9-5-4-6-11(12(9)16(18)19)13(17)15(2)7-10(14)8-20-3/h4-6,10H,7-8H2,1-3H3. The SMILES string of the molecule is COCC(Cl)CN(C)C(=O)c1cccc(C)c1[N+](=O)[O-]. The first-order chi connectivity index (χ1) is 9.38. The topological polar surface area (TPSA) is 72.7 Å². The molecule has 0 aromatic heterocycles. The second kappa shape index (κ2) is 7.21. The number of para-hydroxylation sites is 1. The summed E-state index contributed by atoms with van der Waals surface area (Å²) in [6.45, 7) is 2.15. The van der Waals surface area contributed by atoms with Crippen LogP contribution in [0.1, 0.15) is 15.9 Å². The van der Waals surface area contributed by atoms with Crippen LogP contribution < -0.4 is 0 Å². The molecule has 0 aliphatic rings. The number of amides is 1. The van der Waals surface area contributed by atoms with Crippen molar-refractivity contribution in [2.45, 2.75) is 12.3 Å². The molecule has 0 N–H and O–H groups in total. The highest BCUT2D eigenvalue weighted by atomic mass is 35.5. The number of rotatable bonds is 6. The van der Waals surface area contributed by atoms with E-state index < -0.39 is 10.8 Å². The van der Waals surface area contributed by atoms with E-state index in [1.807, 2.05) is 0 Å². The number of nitrogens with zero attached hydrogens (tertiary/aromatic N) is 2. The van der Waals surface area contributed by atoms with E-state index in [9.17, 15) is 14.9 Å². The molecule has 1 rings (SSSR count). The number of aryl methyl sites for hydroxylation is 1. The average molecular weight is 301 g/mol. The summed E-state index contributed by atoms with van der Waals surface area (Å²) < 4.78 is 4.89. The summed E-state index contributed by atoms with van der Waals surface area (Å²) in [6.07, 6.45) is 0. The minimum absolute atomic E-state index is 0.0683. The Balaban J connectivity index is 2.97. The van der Waals surface area contributed by atoms with Crippen molar-refractivity contribution in [3.63, 3.8) is 0 Å². The van der Waals surface area contributed by atoms with Gasteiger partial charge in [-0.15, -0.1) is 11.6 Å². The Morgan fingerprint density at radius 3 is 2.75 bits per heavy atom. The summed E-state index contributed by atoms with van der Waals surface area (Å²) in [6, 6.07) is 4.67. The Hall–Kier alpha value is -1.66. The molecule has 7 heteroatoms. The number of nitro benzene ring substituents is 1. The summed E-state index contributed by atoms with van der Waals surface area (Å²) in [7, 11) is 3.07. The Morgan fingerprint density at radius 1 is 1.55 bits per heavy atom. The number of carbonyl (C=O) groups excluding carboxylic acids is 1. The molecule has 0 radical (unpaired) electrons. The van der Waals surface area contributed by atoms with Gasteiger partial charge in [-0.2, -0.15) is 0 Å². The number of carbonyl (C=O) groups is 1. The molecule has 0 saturated carbocycles. The number of hydrogen-bond donors (Lipinski definition) is 0.